The molecule has 0 bridgehead atoms. The molecule has 1 heterocycles. The fourth-order valence-electron chi connectivity index (χ4n) is 1.76. The van der Waals surface area contributed by atoms with Gasteiger partial charge in [-0.1, -0.05) is 11.6 Å². The Morgan fingerprint density at radius 3 is 2.47 bits per heavy atom. The summed E-state index contributed by atoms with van der Waals surface area (Å²) in [5.74, 6) is 0.888. The molecule has 1 aliphatic heterocycles. The Morgan fingerprint density at radius 2 is 1.82 bits per heavy atom. The number of halogens is 2. The van der Waals surface area contributed by atoms with E-state index in [-0.39, 0.29) is 12.4 Å². The molecule has 0 unspecified atom stereocenters. The molecule has 1 aromatic rings. The van der Waals surface area contributed by atoms with Crippen molar-refractivity contribution >= 4 is 24.0 Å². The Balaban J connectivity index is 0.00000144. The van der Waals surface area contributed by atoms with Crippen LogP contribution in [0.5, 0.6) is 5.75 Å². The van der Waals surface area contributed by atoms with Crippen LogP contribution < -0.4 is 10.1 Å². The standard InChI is InChI=1S/C12H17ClN2O.ClH/c13-11-1-3-12(4-2-11)16-10-9-15-7-5-14-6-8-15;/h1-4,14H,5-10H2;1H. The minimum atomic E-state index is 0. The lowest BCUT2D eigenvalue weighted by atomic mass is 10.3. The molecule has 1 aliphatic rings. The molecule has 0 spiro atoms. The third-order valence-corrected chi connectivity index (χ3v) is 2.95. The maximum Gasteiger partial charge on any atom is 0.119 e. The van der Waals surface area contributed by atoms with Crippen molar-refractivity contribution in [3.63, 3.8) is 0 Å². The molecule has 96 valence electrons. The first-order valence-electron chi connectivity index (χ1n) is 5.66. The molecule has 0 atom stereocenters. The van der Waals surface area contributed by atoms with E-state index in [0.717, 1.165) is 50.1 Å². The third kappa shape index (κ3) is 5.13. The van der Waals surface area contributed by atoms with Crippen LogP contribution in [0.3, 0.4) is 0 Å². The normalized spacial score (nSPS) is 16.3. The topological polar surface area (TPSA) is 24.5 Å². The van der Waals surface area contributed by atoms with Crippen molar-refractivity contribution in [2.75, 3.05) is 39.3 Å². The van der Waals surface area contributed by atoms with Crippen LogP contribution in [-0.2, 0) is 0 Å². The molecule has 0 aromatic heterocycles. The molecule has 17 heavy (non-hydrogen) atoms. The van der Waals surface area contributed by atoms with Crippen molar-refractivity contribution < 1.29 is 4.74 Å². The molecule has 1 N–H and O–H groups in total. The van der Waals surface area contributed by atoms with Crippen molar-refractivity contribution in [1.82, 2.24) is 10.2 Å². The lowest BCUT2D eigenvalue weighted by molar-refractivity contribution is 0.191. The van der Waals surface area contributed by atoms with Crippen molar-refractivity contribution in [3.8, 4) is 5.75 Å². The Bertz CT molecular complexity index is 313. The Hall–Kier alpha value is -0.480. The van der Waals surface area contributed by atoms with Crippen LogP contribution >= 0.6 is 24.0 Å². The van der Waals surface area contributed by atoms with E-state index in [1.165, 1.54) is 0 Å². The molecular weight excluding hydrogens is 259 g/mol. The first kappa shape index (κ1) is 14.6. The number of nitrogens with zero attached hydrogens (tertiary/aromatic N) is 1. The van der Waals surface area contributed by atoms with E-state index < -0.39 is 0 Å². The first-order valence-corrected chi connectivity index (χ1v) is 6.04. The van der Waals surface area contributed by atoms with Crippen molar-refractivity contribution in [1.29, 1.82) is 0 Å². The summed E-state index contributed by atoms with van der Waals surface area (Å²) in [5, 5.41) is 4.08. The Kier molecular flexibility index (Phi) is 6.66. The van der Waals surface area contributed by atoms with Crippen LogP contribution in [0.25, 0.3) is 0 Å². The van der Waals surface area contributed by atoms with Gasteiger partial charge in [-0.2, -0.15) is 0 Å². The summed E-state index contributed by atoms with van der Waals surface area (Å²) in [6.45, 7) is 6.13. The molecule has 0 amide bonds. The Morgan fingerprint density at radius 1 is 1.18 bits per heavy atom. The average Bonchev–Trinajstić information content (AvgIpc) is 2.33. The second-order valence-corrected chi connectivity index (χ2v) is 4.33. The van der Waals surface area contributed by atoms with E-state index in [1.54, 1.807) is 0 Å². The third-order valence-electron chi connectivity index (χ3n) is 2.70. The van der Waals surface area contributed by atoms with E-state index in [2.05, 4.69) is 10.2 Å². The number of piperazine rings is 1. The fourth-order valence-corrected chi connectivity index (χ4v) is 1.88. The smallest absolute Gasteiger partial charge is 0.119 e. The molecule has 0 saturated carbocycles. The zero-order valence-electron chi connectivity index (χ0n) is 9.69. The molecule has 5 heteroatoms. The predicted molar refractivity (Wildman–Crippen MR) is 73.5 cm³/mol. The quantitative estimate of drug-likeness (QED) is 0.911. The van der Waals surface area contributed by atoms with Gasteiger partial charge in [0.05, 0.1) is 0 Å². The van der Waals surface area contributed by atoms with Gasteiger partial charge in [-0.25, -0.2) is 0 Å². The van der Waals surface area contributed by atoms with Gasteiger partial charge < -0.3 is 10.1 Å². The van der Waals surface area contributed by atoms with E-state index in [0.29, 0.717) is 0 Å². The fraction of sp³-hybridized carbons (Fsp3) is 0.500. The van der Waals surface area contributed by atoms with Crippen LogP contribution in [-0.4, -0.2) is 44.2 Å². The van der Waals surface area contributed by atoms with Gasteiger partial charge in [0.2, 0.25) is 0 Å². The predicted octanol–water partition coefficient (Wildman–Crippen LogP) is 2.05. The maximum absolute atomic E-state index is 5.80. The SMILES string of the molecule is Cl.Clc1ccc(OCCN2CCNCC2)cc1. The second kappa shape index (κ2) is 7.77. The van der Waals surface area contributed by atoms with E-state index in [1.807, 2.05) is 24.3 Å². The van der Waals surface area contributed by atoms with Gasteiger partial charge in [0.15, 0.2) is 0 Å². The van der Waals surface area contributed by atoms with Crippen LogP contribution in [0.2, 0.25) is 5.02 Å². The number of rotatable bonds is 4. The van der Waals surface area contributed by atoms with Gasteiger partial charge in [-0.05, 0) is 24.3 Å². The molecule has 3 nitrogen and oxygen atoms in total. The number of ether oxygens (including phenoxy) is 1. The zero-order chi connectivity index (χ0) is 11.2. The molecular formula is C12H18Cl2N2O. The van der Waals surface area contributed by atoms with Crippen molar-refractivity contribution in [2.24, 2.45) is 0 Å². The van der Waals surface area contributed by atoms with E-state index in [9.17, 15) is 0 Å². The second-order valence-electron chi connectivity index (χ2n) is 3.89. The minimum Gasteiger partial charge on any atom is -0.492 e. The van der Waals surface area contributed by atoms with E-state index >= 15 is 0 Å². The zero-order valence-corrected chi connectivity index (χ0v) is 11.3. The number of benzene rings is 1. The summed E-state index contributed by atoms with van der Waals surface area (Å²) in [5.41, 5.74) is 0. The highest BCUT2D eigenvalue weighted by Crippen LogP contribution is 2.15. The van der Waals surface area contributed by atoms with E-state index in [4.69, 9.17) is 16.3 Å². The van der Waals surface area contributed by atoms with Crippen LogP contribution in [0.15, 0.2) is 24.3 Å². The first-order chi connectivity index (χ1) is 7.84. The minimum absolute atomic E-state index is 0. The van der Waals surface area contributed by atoms with Crippen LogP contribution in [0.1, 0.15) is 0 Å². The lowest BCUT2D eigenvalue weighted by Crippen LogP contribution is -2.44. The number of hydrogen-bond acceptors (Lipinski definition) is 3. The van der Waals surface area contributed by atoms with Gasteiger partial charge >= 0.3 is 0 Å². The van der Waals surface area contributed by atoms with Gasteiger partial charge in [-0.3, -0.25) is 4.90 Å². The molecule has 0 radical (unpaired) electrons. The number of nitrogens with one attached hydrogen (secondary N) is 1. The number of hydrogen-bond donors (Lipinski definition) is 1. The summed E-state index contributed by atoms with van der Waals surface area (Å²) in [7, 11) is 0. The van der Waals surface area contributed by atoms with Crippen LogP contribution in [0, 0.1) is 0 Å². The lowest BCUT2D eigenvalue weighted by Gasteiger charge is -2.26. The largest absolute Gasteiger partial charge is 0.492 e. The van der Waals surface area contributed by atoms with Gasteiger partial charge in [-0.15, -0.1) is 12.4 Å². The van der Waals surface area contributed by atoms with Crippen molar-refractivity contribution in [2.45, 2.75) is 0 Å². The summed E-state index contributed by atoms with van der Waals surface area (Å²) >= 11 is 5.80. The van der Waals surface area contributed by atoms with Gasteiger partial charge in [0.1, 0.15) is 12.4 Å². The summed E-state index contributed by atoms with van der Waals surface area (Å²) in [4.78, 5) is 2.41. The van der Waals surface area contributed by atoms with Gasteiger partial charge in [0.25, 0.3) is 0 Å². The molecule has 1 saturated heterocycles. The van der Waals surface area contributed by atoms with Crippen molar-refractivity contribution in [3.05, 3.63) is 29.3 Å². The average molecular weight is 277 g/mol. The Labute approximate surface area is 113 Å². The van der Waals surface area contributed by atoms with Gasteiger partial charge in [0, 0.05) is 37.7 Å². The van der Waals surface area contributed by atoms with Crippen LogP contribution in [0.4, 0.5) is 0 Å². The molecule has 0 aliphatic carbocycles. The monoisotopic (exact) mass is 276 g/mol. The summed E-state index contributed by atoms with van der Waals surface area (Å²) in [6, 6.07) is 7.50. The highest BCUT2D eigenvalue weighted by atomic mass is 35.5. The summed E-state index contributed by atoms with van der Waals surface area (Å²) in [6.07, 6.45) is 0. The molecule has 1 fully saturated rings. The highest BCUT2D eigenvalue weighted by molar-refractivity contribution is 6.30. The molecule has 2 rings (SSSR count). The highest BCUT2D eigenvalue weighted by Gasteiger charge is 2.08. The molecule has 1 aromatic carbocycles. The maximum atomic E-state index is 5.80. The summed E-state index contributed by atoms with van der Waals surface area (Å²) < 4.78 is 5.64.